The number of aromatic hydroxyl groups is 1. The van der Waals surface area contributed by atoms with Crippen molar-refractivity contribution in [1.82, 2.24) is 9.47 Å². The first-order valence-corrected chi connectivity index (χ1v) is 10.8. The third-order valence-electron chi connectivity index (χ3n) is 6.19. The van der Waals surface area contributed by atoms with Gasteiger partial charge in [-0.15, -0.1) is 0 Å². The predicted octanol–water partition coefficient (Wildman–Crippen LogP) is 5.18. The third kappa shape index (κ3) is 3.77. The second-order valence-corrected chi connectivity index (χ2v) is 7.76. The molecule has 0 atom stereocenters. The van der Waals surface area contributed by atoms with E-state index in [0.717, 1.165) is 48.1 Å². The van der Waals surface area contributed by atoms with Crippen LogP contribution in [0, 0.1) is 6.92 Å². The van der Waals surface area contributed by atoms with Crippen LogP contribution < -0.4 is 0 Å². The molecule has 0 amide bonds. The third-order valence-corrected chi connectivity index (χ3v) is 6.19. The molecule has 5 nitrogen and oxygen atoms in total. The monoisotopic (exact) mass is 386 g/mol. The Morgan fingerprint density at radius 2 is 1.86 bits per heavy atom. The summed E-state index contributed by atoms with van der Waals surface area (Å²) in [5.41, 5.74) is 3.47. The molecule has 1 heterocycles. The zero-order valence-electron chi connectivity index (χ0n) is 17.8. The van der Waals surface area contributed by atoms with Gasteiger partial charge >= 0.3 is 5.97 Å². The number of nitrogens with zero attached hydrogens (tertiary/aromatic N) is 2. The summed E-state index contributed by atoms with van der Waals surface area (Å²) in [7, 11) is 0. The highest BCUT2D eigenvalue weighted by atomic mass is 16.5. The lowest BCUT2D eigenvalue weighted by molar-refractivity contribution is 0.0527. The molecule has 0 saturated heterocycles. The standard InChI is InChI=1S/C23H34N2O3/c1-5-24(6-2)15-18-20(26)14-13-19-22(18)21(23(27)28-7-3)16(4)25(19)17-11-9-8-10-12-17/h13-14,17,26H,5-12,15H2,1-4H3. The molecule has 28 heavy (non-hydrogen) atoms. The summed E-state index contributed by atoms with van der Waals surface area (Å²) >= 11 is 0. The molecule has 0 unspecified atom stereocenters. The summed E-state index contributed by atoms with van der Waals surface area (Å²) < 4.78 is 7.76. The number of rotatable bonds is 7. The maximum absolute atomic E-state index is 12.9. The minimum Gasteiger partial charge on any atom is -0.508 e. The Hall–Kier alpha value is -2.01. The highest BCUT2D eigenvalue weighted by Crippen LogP contribution is 2.40. The number of hydrogen-bond donors (Lipinski definition) is 1. The van der Waals surface area contributed by atoms with Gasteiger partial charge < -0.3 is 14.4 Å². The molecule has 0 aliphatic heterocycles. The summed E-state index contributed by atoms with van der Waals surface area (Å²) in [4.78, 5) is 15.2. The molecule has 1 aromatic heterocycles. The van der Waals surface area contributed by atoms with Crippen molar-refractivity contribution in [3.8, 4) is 5.75 Å². The molecule has 154 valence electrons. The average Bonchev–Trinajstić information content (AvgIpc) is 3.00. The van der Waals surface area contributed by atoms with Crippen LogP contribution in [0.3, 0.4) is 0 Å². The highest BCUT2D eigenvalue weighted by molar-refractivity contribution is 6.08. The van der Waals surface area contributed by atoms with Gasteiger partial charge in [0.05, 0.1) is 12.2 Å². The van der Waals surface area contributed by atoms with Crippen molar-refractivity contribution in [2.45, 2.75) is 72.4 Å². The number of fused-ring (bicyclic) bond motifs is 1. The van der Waals surface area contributed by atoms with Crippen LogP contribution in [0.2, 0.25) is 0 Å². The fourth-order valence-electron chi connectivity index (χ4n) is 4.68. The normalized spacial score (nSPS) is 15.5. The first-order valence-electron chi connectivity index (χ1n) is 10.8. The smallest absolute Gasteiger partial charge is 0.340 e. The molecule has 1 aliphatic carbocycles. The summed E-state index contributed by atoms with van der Waals surface area (Å²) in [6.07, 6.45) is 6.01. The van der Waals surface area contributed by atoms with Crippen molar-refractivity contribution < 1.29 is 14.6 Å². The number of aromatic nitrogens is 1. The maximum atomic E-state index is 12.9. The van der Waals surface area contributed by atoms with E-state index in [2.05, 4.69) is 23.3 Å². The number of esters is 1. The van der Waals surface area contributed by atoms with Crippen molar-refractivity contribution in [3.63, 3.8) is 0 Å². The van der Waals surface area contributed by atoms with Gasteiger partial charge in [-0.25, -0.2) is 4.79 Å². The van der Waals surface area contributed by atoms with Crippen molar-refractivity contribution in [2.24, 2.45) is 0 Å². The Bertz CT molecular complexity index is 830. The molecular weight excluding hydrogens is 352 g/mol. The maximum Gasteiger partial charge on any atom is 0.340 e. The lowest BCUT2D eigenvalue weighted by Crippen LogP contribution is -2.22. The van der Waals surface area contributed by atoms with Gasteiger partial charge in [0.2, 0.25) is 0 Å². The lowest BCUT2D eigenvalue weighted by atomic mass is 9.95. The number of benzene rings is 1. The van der Waals surface area contributed by atoms with E-state index in [-0.39, 0.29) is 11.7 Å². The molecule has 1 aromatic carbocycles. The summed E-state index contributed by atoms with van der Waals surface area (Å²) in [6, 6.07) is 4.17. The van der Waals surface area contributed by atoms with Crippen LogP contribution in [-0.2, 0) is 11.3 Å². The van der Waals surface area contributed by atoms with E-state index in [0.29, 0.717) is 24.8 Å². The lowest BCUT2D eigenvalue weighted by Gasteiger charge is -2.26. The number of ether oxygens (including phenoxy) is 1. The molecular formula is C23H34N2O3. The van der Waals surface area contributed by atoms with E-state index >= 15 is 0 Å². The van der Waals surface area contributed by atoms with Gasteiger partial charge in [-0.1, -0.05) is 33.1 Å². The molecule has 0 radical (unpaired) electrons. The largest absolute Gasteiger partial charge is 0.508 e. The molecule has 1 fully saturated rings. The number of phenolic OH excluding ortho intramolecular Hbond substituents is 1. The second-order valence-electron chi connectivity index (χ2n) is 7.76. The van der Waals surface area contributed by atoms with Crippen molar-refractivity contribution in [2.75, 3.05) is 19.7 Å². The summed E-state index contributed by atoms with van der Waals surface area (Å²) in [5, 5.41) is 11.6. The SMILES string of the molecule is CCOC(=O)c1c(C)n(C2CCCCC2)c2ccc(O)c(CN(CC)CC)c12. The van der Waals surface area contributed by atoms with Crippen LogP contribution in [0.15, 0.2) is 12.1 Å². The molecule has 2 aromatic rings. The zero-order chi connectivity index (χ0) is 20.3. The Morgan fingerprint density at radius 1 is 1.18 bits per heavy atom. The number of carbonyl (C=O) groups excluding carboxylic acids is 1. The number of hydrogen-bond acceptors (Lipinski definition) is 4. The van der Waals surface area contributed by atoms with Crippen LogP contribution in [0.4, 0.5) is 0 Å². The van der Waals surface area contributed by atoms with Crippen LogP contribution in [-0.4, -0.2) is 40.2 Å². The van der Waals surface area contributed by atoms with Gasteiger partial charge in [-0.2, -0.15) is 0 Å². The number of carbonyl (C=O) groups is 1. The van der Waals surface area contributed by atoms with E-state index in [4.69, 9.17) is 4.74 Å². The van der Waals surface area contributed by atoms with Crippen molar-refractivity contribution >= 4 is 16.9 Å². The molecule has 0 bridgehead atoms. The summed E-state index contributed by atoms with van der Waals surface area (Å²) in [5.74, 6) is -0.0308. The van der Waals surface area contributed by atoms with Gasteiger partial charge in [0.25, 0.3) is 0 Å². The molecule has 3 rings (SSSR count). The first-order chi connectivity index (χ1) is 13.5. The zero-order valence-corrected chi connectivity index (χ0v) is 17.8. The van der Waals surface area contributed by atoms with E-state index in [1.54, 1.807) is 6.07 Å². The van der Waals surface area contributed by atoms with Gasteiger partial charge in [0.1, 0.15) is 5.75 Å². The quantitative estimate of drug-likeness (QED) is 0.666. The Morgan fingerprint density at radius 3 is 2.46 bits per heavy atom. The molecule has 1 aliphatic rings. The Labute approximate surface area is 168 Å². The van der Waals surface area contributed by atoms with Crippen LogP contribution in [0.1, 0.15) is 80.5 Å². The van der Waals surface area contributed by atoms with Crippen LogP contribution >= 0.6 is 0 Å². The van der Waals surface area contributed by atoms with Gasteiger partial charge in [0.15, 0.2) is 0 Å². The molecule has 1 saturated carbocycles. The molecule has 0 spiro atoms. The Balaban J connectivity index is 2.25. The van der Waals surface area contributed by atoms with Gasteiger partial charge in [0, 0.05) is 34.7 Å². The average molecular weight is 387 g/mol. The predicted molar refractivity (Wildman–Crippen MR) is 113 cm³/mol. The topological polar surface area (TPSA) is 54.7 Å². The summed E-state index contributed by atoms with van der Waals surface area (Å²) in [6.45, 7) is 10.8. The van der Waals surface area contributed by atoms with Crippen molar-refractivity contribution in [1.29, 1.82) is 0 Å². The van der Waals surface area contributed by atoms with Crippen LogP contribution in [0.25, 0.3) is 10.9 Å². The first kappa shape index (κ1) is 20.7. The second kappa shape index (κ2) is 8.99. The minimum absolute atomic E-state index is 0.255. The fraction of sp³-hybridized carbons (Fsp3) is 0.609. The van der Waals surface area contributed by atoms with E-state index in [1.165, 1.54) is 19.3 Å². The van der Waals surface area contributed by atoms with E-state index < -0.39 is 0 Å². The van der Waals surface area contributed by atoms with Crippen molar-refractivity contribution in [3.05, 3.63) is 29.0 Å². The molecule has 5 heteroatoms. The van der Waals surface area contributed by atoms with Crippen LogP contribution in [0.5, 0.6) is 5.75 Å². The fourth-order valence-corrected chi connectivity index (χ4v) is 4.68. The number of phenols is 1. The Kier molecular flexibility index (Phi) is 6.65. The minimum atomic E-state index is -0.286. The molecule has 1 N–H and O–H groups in total. The van der Waals surface area contributed by atoms with Gasteiger partial charge in [-0.3, -0.25) is 4.90 Å². The van der Waals surface area contributed by atoms with E-state index in [1.807, 2.05) is 19.9 Å². The van der Waals surface area contributed by atoms with E-state index in [9.17, 15) is 9.90 Å². The van der Waals surface area contributed by atoms with Gasteiger partial charge in [-0.05, 0) is 51.9 Å². The highest BCUT2D eigenvalue weighted by Gasteiger charge is 2.28.